The van der Waals surface area contributed by atoms with Crippen molar-refractivity contribution in [2.24, 2.45) is 0 Å². The van der Waals surface area contributed by atoms with Gasteiger partial charge in [-0.2, -0.15) is 5.10 Å². The number of carbonyl (C=O) groups is 2. The highest BCUT2D eigenvalue weighted by molar-refractivity contribution is 5.96. The Kier molecular flexibility index (Phi) is 5.87. The summed E-state index contributed by atoms with van der Waals surface area (Å²) in [6.07, 6.45) is 2.09. The first-order valence-electron chi connectivity index (χ1n) is 9.40. The number of ether oxygens (including phenoxy) is 1. The summed E-state index contributed by atoms with van der Waals surface area (Å²) in [7, 11) is 3.35. The molecule has 28 heavy (non-hydrogen) atoms. The van der Waals surface area contributed by atoms with E-state index in [1.165, 1.54) is 0 Å². The van der Waals surface area contributed by atoms with Crippen LogP contribution in [0, 0.1) is 6.92 Å². The second kappa shape index (κ2) is 8.33. The third kappa shape index (κ3) is 4.11. The van der Waals surface area contributed by atoms with Gasteiger partial charge in [-0.25, -0.2) is 4.79 Å². The number of rotatable bonds is 6. The third-order valence-corrected chi connectivity index (χ3v) is 5.10. The summed E-state index contributed by atoms with van der Waals surface area (Å²) in [6, 6.07) is 6.92. The molecular formula is C20H27N5O3. The van der Waals surface area contributed by atoms with Crippen LogP contribution in [0.1, 0.15) is 24.6 Å². The third-order valence-electron chi connectivity index (χ3n) is 5.10. The van der Waals surface area contributed by atoms with Gasteiger partial charge in [0.25, 0.3) is 0 Å². The van der Waals surface area contributed by atoms with E-state index in [-0.39, 0.29) is 18.0 Å². The smallest absolute Gasteiger partial charge is 0.317 e. The van der Waals surface area contributed by atoms with E-state index in [1.807, 2.05) is 42.8 Å². The largest absolute Gasteiger partial charge is 0.497 e. The van der Waals surface area contributed by atoms with E-state index in [9.17, 15) is 9.59 Å². The highest BCUT2D eigenvalue weighted by atomic mass is 16.5. The van der Waals surface area contributed by atoms with Crippen molar-refractivity contribution in [3.8, 4) is 5.75 Å². The van der Waals surface area contributed by atoms with Crippen molar-refractivity contribution in [1.82, 2.24) is 20.0 Å². The average Bonchev–Trinajstić information content (AvgIpc) is 3.24. The molecule has 0 saturated carbocycles. The fraction of sp³-hybridized carbons (Fsp3) is 0.450. The van der Waals surface area contributed by atoms with Crippen LogP contribution in [0.5, 0.6) is 5.75 Å². The molecule has 2 aromatic rings. The molecule has 0 aliphatic carbocycles. The van der Waals surface area contributed by atoms with Crippen molar-refractivity contribution in [2.75, 3.05) is 25.6 Å². The second-order valence-corrected chi connectivity index (χ2v) is 6.98. The number of aromatic nitrogens is 2. The molecule has 3 rings (SSSR count). The van der Waals surface area contributed by atoms with Crippen molar-refractivity contribution in [3.05, 3.63) is 41.7 Å². The minimum absolute atomic E-state index is 0.00168. The van der Waals surface area contributed by atoms with Crippen molar-refractivity contribution in [3.63, 3.8) is 0 Å². The first kappa shape index (κ1) is 19.7. The number of urea groups is 1. The molecule has 3 amide bonds. The zero-order chi connectivity index (χ0) is 20.3. The molecule has 8 heteroatoms. The number of methoxy groups -OCH3 is 1. The summed E-state index contributed by atoms with van der Waals surface area (Å²) in [5, 5.41) is 7.28. The summed E-state index contributed by atoms with van der Waals surface area (Å²) in [6.45, 7) is 5.76. The van der Waals surface area contributed by atoms with Crippen LogP contribution in [0.2, 0.25) is 0 Å². The van der Waals surface area contributed by atoms with Gasteiger partial charge in [-0.15, -0.1) is 0 Å². The SMILES string of the molecule is CCn1ncc(CN(C)C(=O)NC2CC(=O)N(c3ccc(OC)cc3)C2)c1C. The molecule has 1 saturated heterocycles. The van der Waals surface area contributed by atoms with E-state index >= 15 is 0 Å². The van der Waals surface area contributed by atoms with Gasteiger partial charge in [-0.3, -0.25) is 9.48 Å². The predicted octanol–water partition coefficient (Wildman–Crippen LogP) is 2.17. The maximum absolute atomic E-state index is 12.6. The standard InChI is InChI=1S/C20H27N5O3/c1-5-25-14(2)15(11-21-25)12-23(3)20(27)22-16-10-19(26)24(13-16)17-6-8-18(28-4)9-7-17/h6-9,11,16H,5,10,12-13H2,1-4H3,(H,22,27). The number of anilines is 1. The van der Waals surface area contributed by atoms with E-state index in [0.29, 0.717) is 19.5 Å². The number of benzene rings is 1. The van der Waals surface area contributed by atoms with Gasteiger partial charge in [0.2, 0.25) is 5.91 Å². The van der Waals surface area contributed by atoms with E-state index < -0.39 is 0 Å². The lowest BCUT2D eigenvalue weighted by molar-refractivity contribution is -0.117. The molecule has 1 aromatic carbocycles. The summed E-state index contributed by atoms with van der Waals surface area (Å²) < 4.78 is 7.06. The Balaban J connectivity index is 1.58. The van der Waals surface area contributed by atoms with Crippen LogP contribution in [-0.4, -0.2) is 53.4 Å². The minimum atomic E-state index is -0.219. The normalized spacial score (nSPS) is 16.4. The van der Waals surface area contributed by atoms with Gasteiger partial charge in [0, 0.05) is 43.5 Å². The summed E-state index contributed by atoms with van der Waals surface area (Å²) >= 11 is 0. The van der Waals surface area contributed by atoms with Crippen molar-refractivity contribution in [1.29, 1.82) is 0 Å². The van der Waals surface area contributed by atoms with Crippen LogP contribution in [0.25, 0.3) is 0 Å². The molecular weight excluding hydrogens is 358 g/mol. The molecule has 1 aromatic heterocycles. The lowest BCUT2D eigenvalue weighted by atomic mass is 10.2. The number of carbonyl (C=O) groups excluding carboxylic acids is 2. The van der Waals surface area contributed by atoms with Crippen molar-refractivity contribution < 1.29 is 14.3 Å². The Morgan fingerprint density at radius 1 is 1.36 bits per heavy atom. The molecule has 0 bridgehead atoms. The topological polar surface area (TPSA) is 79.7 Å². The molecule has 2 heterocycles. The predicted molar refractivity (Wildman–Crippen MR) is 106 cm³/mol. The molecule has 1 aliphatic heterocycles. The highest BCUT2D eigenvalue weighted by Gasteiger charge is 2.32. The molecule has 1 atom stereocenters. The number of hydrogen-bond donors (Lipinski definition) is 1. The van der Waals surface area contributed by atoms with Gasteiger partial charge in [-0.05, 0) is 38.1 Å². The van der Waals surface area contributed by atoms with Crippen molar-refractivity contribution >= 4 is 17.6 Å². The van der Waals surface area contributed by atoms with Gasteiger partial charge < -0.3 is 19.9 Å². The molecule has 1 fully saturated rings. The second-order valence-electron chi connectivity index (χ2n) is 6.98. The van der Waals surface area contributed by atoms with E-state index in [4.69, 9.17) is 4.74 Å². The number of nitrogens with one attached hydrogen (secondary N) is 1. The number of hydrogen-bond acceptors (Lipinski definition) is 4. The first-order chi connectivity index (χ1) is 13.4. The molecule has 1 aliphatic rings. The molecule has 1 N–H and O–H groups in total. The Morgan fingerprint density at radius 2 is 2.07 bits per heavy atom. The summed E-state index contributed by atoms with van der Waals surface area (Å²) in [4.78, 5) is 28.3. The fourth-order valence-corrected chi connectivity index (χ4v) is 3.39. The van der Waals surface area contributed by atoms with Crippen LogP contribution in [-0.2, 0) is 17.9 Å². The first-order valence-corrected chi connectivity index (χ1v) is 9.40. The van der Waals surface area contributed by atoms with Crippen LogP contribution in [0.15, 0.2) is 30.5 Å². The van der Waals surface area contributed by atoms with E-state index in [0.717, 1.165) is 29.2 Å². The minimum Gasteiger partial charge on any atom is -0.497 e. The van der Waals surface area contributed by atoms with E-state index in [2.05, 4.69) is 10.4 Å². The Morgan fingerprint density at radius 3 is 2.68 bits per heavy atom. The number of aryl methyl sites for hydroxylation is 1. The summed E-state index contributed by atoms with van der Waals surface area (Å²) in [5.74, 6) is 0.738. The Bertz CT molecular complexity index is 846. The molecule has 1 unspecified atom stereocenters. The van der Waals surface area contributed by atoms with Gasteiger partial charge in [0.05, 0.1) is 25.9 Å². The van der Waals surface area contributed by atoms with Crippen LogP contribution in [0.3, 0.4) is 0 Å². The molecule has 0 spiro atoms. The summed E-state index contributed by atoms with van der Waals surface area (Å²) in [5.41, 5.74) is 2.88. The molecule has 8 nitrogen and oxygen atoms in total. The lowest BCUT2D eigenvalue weighted by Gasteiger charge is -2.21. The average molecular weight is 385 g/mol. The zero-order valence-corrected chi connectivity index (χ0v) is 16.8. The van der Waals surface area contributed by atoms with Crippen LogP contribution >= 0.6 is 0 Å². The van der Waals surface area contributed by atoms with Gasteiger partial charge in [0.15, 0.2) is 0 Å². The molecule has 0 radical (unpaired) electrons. The number of nitrogens with zero attached hydrogens (tertiary/aromatic N) is 4. The highest BCUT2D eigenvalue weighted by Crippen LogP contribution is 2.24. The van der Waals surface area contributed by atoms with Crippen LogP contribution in [0.4, 0.5) is 10.5 Å². The Hall–Kier alpha value is -3.03. The van der Waals surface area contributed by atoms with Gasteiger partial charge in [0.1, 0.15) is 5.75 Å². The maximum atomic E-state index is 12.6. The van der Waals surface area contributed by atoms with E-state index in [1.54, 1.807) is 30.2 Å². The zero-order valence-electron chi connectivity index (χ0n) is 16.8. The number of amides is 3. The fourth-order valence-electron chi connectivity index (χ4n) is 3.39. The maximum Gasteiger partial charge on any atom is 0.317 e. The quantitative estimate of drug-likeness (QED) is 0.826. The molecule has 150 valence electrons. The van der Waals surface area contributed by atoms with Crippen LogP contribution < -0.4 is 15.0 Å². The Labute approximate surface area is 165 Å². The van der Waals surface area contributed by atoms with Gasteiger partial charge in [-0.1, -0.05) is 0 Å². The van der Waals surface area contributed by atoms with Crippen molar-refractivity contribution in [2.45, 2.75) is 39.4 Å². The van der Waals surface area contributed by atoms with Gasteiger partial charge >= 0.3 is 6.03 Å². The monoisotopic (exact) mass is 385 g/mol. The lowest BCUT2D eigenvalue weighted by Crippen LogP contribution is -2.44.